The van der Waals surface area contributed by atoms with E-state index in [0.29, 0.717) is 23.8 Å². The molecule has 2 aliphatic heterocycles. The molecule has 9 heteroatoms. The molecular weight excluding hydrogens is 442 g/mol. The van der Waals surface area contributed by atoms with Crippen molar-refractivity contribution in [1.82, 2.24) is 14.9 Å². The Morgan fingerprint density at radius 3 is 2.58 bits per heavy atom. The van der Waals surface area contributed by atoms with Gasteiger partial charge in [-0.05, 0) is 68.7 Å². The maximum absolute atomic E-state index is 12.4. The van der Waals surface area contributed by atoms with E-state index in [9.17, 15) is 9.59 Å². The molecule has 176 valence electrons. The lowest BCUT2D eigenvalue weighted by atomic mass is 9.78. The van der Waals surface area contributed by atoms with E-state index in [4.69, 9.17) is 4.74 Å². The Hall–Kier alpha value is -2.87. The minimum Gasteiger partial charge on any atom is -0.441 e. The smallest absolute Gasteiger partial charge is 0.416 e. The van der Waals surface area contributed by atoms with Gasteiger partial charge in [-0.3, -0.25) is 9.69 Å². The third kappa shape index (κ3) is 5.05. The number of hydrogen-bond donors (Lipinski definition) is 1. The zero-order valence-corrected chi connectivity index (χ0v) is 19.4. The summed E-state index contributed by atoms with van der Waals surface area (Å²) >= 11 is 0. The highest BCUT2D eigenvalue weighted by molar-refractivity contribution is 5.94. The summed E-state index contributed by atoms with van der Waals surface area (Å²) in [5.41, 5.74) is 0.249. The van der Waals surface area contributed by atoms with E-state index in [0.717, 1.165) is 64.0 Å². The van der Waals surface area contributed by atoms with E-state index in [1.54, 1.807) is 17.3 Å². The molecule has 4 heterocycles. The van der Waals surface area contributed by atoms with Crippen LogP contribution in [0, 0.1) is 5.92 Å². The average Bonchev–Trinajstić information content (AvgIpc) is 3.48. The normalized spacial score (nSPS) is 24.5. The van der Waals surface area contributed by atoms with E-state index >= 15 is 0 Å². The fourth-order valence-electron chi connectivity index (χ4n) is 4.96. The summed E-state index contributed by atoms with van der Waals surface area (Å²) in [5.74, 6) is 2.01. The van der Waals surface area contributed by atoms with Crippen LogP contribution < -0.4 is 10.2 Å². The molecule has 2 amide bonds. The number of carbonyl (C=O) groups is 2. The molecule has 2 aromatic heterocycles. The van der Waals surface area contributed by atoms with Crippen molar-refractivity contribution in [2.24, 2.45) is 5.92 Å². The number of rotatable bonds is 5. The zero-order chi connectivity index (χ0) is 22.0. The van der Waals surface area contributed by atoms with Crippen LogP contribution in [0.4, 0.5) is 16.4 Å². The van der Waals surface area contributed by atoms with Crippen LogP contribution in [0.15, 0.2) is 42.7 Å². The predicted molar refractivity (Wildman–Crippen MR) is 128 cm³/mol. The molecule has 1 aliphatic carbocycles. The number of likely N-dealkylation sites (tertiary alicyclic amines) is 1. The molecule has 3 fully saturated rings. The van der Waals surface area contributed by atoms with Crippen LogP contribution in [0.3, 0.4) is 0 Å². The molecule has 0 unspecified atom stereocenters. The molecule has 1 saturated carbocycles. The van der Waals surface area contributed by atoms with Crippen molar-refractivity contribution in [1.29, 1.82) is 0 Å². The summed E-state index contributed by atoms with van der Waals surface area (Å²) in [7, 11) is 0. The highest BCUT2D eigenvalue weighted by Crippen LogP contribution is 2.40. The predicted octanol–water partition coefficient (Wildman–Crippen LogP) is 4.13. The van der Waals surface area contributed by atoms with Crippen molar-refractivity contribution < 1.29 is 14.3 Å². The van der Waals surface area contributed by atoms with Gasteiger partial charge in [-0.2, -0.15) is 0 Å². The molecule has 2 saturated heterocycles. The summed E-state index contributed by atoms with van der Waals surface area (Å²) in [6, 6.07) is 9.30. The third-order valence-corrected chi connectivity index (χ3v) is 6.89. The van der Waals surface area contributed by atoms with Crippen LogP contribution in [-0.2, 0) is 4.74 Å². The van der Waals surface area contributed by atoms with E-state index in [-0.39, 0.29) is 24.4 Å². The standard InChI is InChI=1S/C24H29N5O3.ClH/c30-22(28-13-3-4-14-28)19-6-7-20(27-16-19)26-15-18-8-10-24(11-9-18)17-29(23(31)32-24)21-5-1-2-12-25-21;/h1-2,5-7,12,16,18H,3-4,8-11,13-15,17H2,(H,26,27);1H. The lowest BCUT2D eigenvalue weighted by Crippen LogP contribution is -2.39. The lowest BCUT2D eigenvalue weighted by Gasteiger charge is -2.35. The number of aromatic nitrogens is 2. The monoisotopic (exact) mass is 471 g/mol. The van der Waals surface area contributed by atoms with Gasteiger partial charge in [0.1, 0.15) is 17.2 Å². The number of ether oxygens (including phenoxy) is 1. The summed E-state index contributed by atoms with van der Waals surface area (Å²) in [6.45, 7) is 3.07. The van der Waals surface area contributed by atoms with Gasteiger partial charge in [-0.15, -0.1) is 12.4 Å². The number of anilines is 2. The third-order valence-electron chi connectivity index (χ3n) is 6.89. The van der Waals surface area contributed by atoms with Crippen LogP contribution in [0.5, 0.6) is 0 Å². The minimum absolute atomic E-state index is 0. The molecule has 0 aromatic carbocycles. The first-order valence-corrected chi connectivity index (χ1v) is 11.5. The van der Waals surface area contributed by atoms with E-state index in [1.807, 2.05) is 35.2 Å². The summed E-state index contributed by atoms with van der Waals surface area (Å²) < 4.78 is 5.82. The van der Waals surface area contributed by atoms with Gasteiger partial charge in [0.05, 0.1) is 12.1 Å². The number of halogens is 1. The van der Waals surface area contributed by atoms with Gasteiger partial charge in [0.15, 0.2) is 0 Å². The van der Waals surface area contributed by atoms with Crippen LogP contribution >= 0.6 is 12.4 Å². The van der Waals surface area contributed by atoms with Gasteiger partial charge in [0, 0.05) is 32.0 Å². The van der Waals surface area contributed by atoms with Gasteiger partial charge < -0.3 is 15.0 Å². The highest BCUT2D eigenvalue weighted by atomic mass is 35.5. The Morgan fingerprint density at radius 1 is 1.12 bits per heavy atom. The molecule has 0 atom stereocenters. The van der Waals surface area contributed by atoms with Crippen molar-refractivity contribution in [3.8, 4) is 0 Å². The number of amides is 2. The second-order valence-corrected chi connectivity index (χ2v) is 9.08. The maximum Gasteiger partial charge on any atom is 0.416 e. The number of hydrogen-bond acceptors (Lipinski definition) is 6. The number of pyridine rings is 2. The fraction of sp³-hybridized carbons (Fsp3) is 0.500. The van der Waals surface area contributed by atoms with Crippen molar-refractivity contribution in [3.63, 3.8) is 0 Å². The molecule has 1 spiro atoms. The van der Waals surface area contributed by atoms with E-state index < -0.39 is 5.60 Å². The average molecular weight is 472 g/mol. The summed E-state index contributed by atoms with van der Waals surface area (Å²) in [4.78, 5) is 37.1. The van der Waals surface area contributed by atoms with Crippen molar-refractivity contribution >= 4 is 36.0 Å². The highest BCUT2D eigenvalue weighted by Gasteiger charge is 2.47. The van der Waals surface area contributed by atoms with Crippen LogP contribution in [0.1, 0.15) is 48.9 Å². The fourth-order valence-corrected chi connectivity index (χ4v) is 4.96. The first kappa shape index (κ1) is 23.3. The lowest BCUT2D eigenvalue weighted by molar-refractivity contribution is 0.0148. The Kier molecular flexibility index (Phi) is 7.02. The minimum atomic E-state index is -0.402. The molecule has 8 nitrogen and oxygen atoms in total. The first-order chi connectivity index (χ1) is 15.6. The molecule has 2 aromatic rings. The topological polar surface area (TPSA) is 87.7 Å². The van der Waals surface area contributed by atoms with Gasteiger partial charge in [0.2, 0.25) is 0 Å². The first-order valence-electron chi connectivity index (χ1n) is 11.5. The van der Waals surface area contributed by atoms with Crippen molar-refractivity contribution in [2.75, 3.05) is 36.4 Å². The second-order valence-electron chi connectivity index (χ2n) is 9.08. The number of nitrogens with zero attached hydrogens (tertiary/aromatic N) is 4. The van der Waals surface area contributed by atoms with Crippen molar-refractivity contribution in [3.05, 3.63) is 48.3 Å². The molecular formula is C24H30ClN5O3. The van der Waals surface area contributed by atoms with Gasteiger partial charge in [-0.1, -0.05) is 6.07 Å². The van der Waals surface area contributed by atoms with E-state index in [2.05, 4.69) is 15.3 Å². The van der Waals surface area contributed by atoms with Crippen molar-refractivity contribution in [2.45, 2.75) is 44.1 Å². The number of nitrogens with one attached hydrogen (secondary N) is 1. The van der Waals surface area contributed by atoms with Gasteiger partial charge >= 0.3 is 6.09 Å². The quantitative estimate of drug-likeness (QED) is 0.705. The van der Waals surface area contributed by atoms with Gasteiger partial charge in [-0.25, -0.2) is 14.8 Å². The molecule has 1 N–H and O–H groups in total. The summed E-state index contributed by atoms with van der Waals surface area (Å²) in [6.07, 6.45) is 8.92. The molecule has 5 rings (SSSR count). The summed E-state index contributed by atoms with van der Waals surface area (Å²) in [5, 5.41) is 3.41. The molecule has 0 radical (unpaired) electrons. The molecule has 3 aliphatic rings. The zero-order valence-electron chi connectivity index (χ0n) is 18.6. The Bertz CT molecular complexity index is 958. The molecule has 33 heavy (non-hydrogen) atoms. The van der Waals surface area contributed by atoms with E-state index in [1.165, 1.54) is 0 Å². The Morgan fingerprint density at radius 2 is 1.91 bits per heavy atom. The SMILES string of the molecule is Cl.O=C(c1ccc(NCC2CCC3(CC2)CN(c2ccccn2)C(=O)O3)nc1)N1CCCC1. The maximum atomic E-state index is 12.4. The Labute approximate surface area is 200 Å². The second kappa shape index (κ2) is 9.95. The van der Waals surface area contributed by atoms with Crippen LogP contribution in [0.2, 0.25) is 0 Å². The van der Waals surface area contributed by atoms with Crippen LogP contribution in [-0.4, -0.2) is 58.6 Å². The van der Waals surface area contributed by atoms with Crippen LogP contribution in [0.25, 0.3) is 0 Å². The number of carbonyl (C=O) groups excluding carboxylic acids is 2. The van der Waals surface area contributed by atoms with Gasteiger partial charge in [0.25, 0.3) is 5.91 Å². The molecule has 0 bridgehead atoms. The largest absolute Gasteiger partial charge is 0.441 e. The Balaban J connectivity index is 0.00000259.